The van der Waals surface area contributed by atoms with E-state index in [0.717, 1.165) is 38.9 Å². The number of likely N-dealkylation sites (tertiary alicyclic amines) is 1. The van der Waals surface area contributed by atoms with Crippen LogP contribution in [0.3, 0.4) is 0 Å². The number of hydrogen-bond donors (Lipinski definition) is 0. The molecule has 0 radical (unpaired) electrons. The van der Waals surface area contributed by atoms with E-state index in [1.54, 1.807) is 9.80 Å². The molecule has 4 nitrogen and oxygen atoms in total. The van der Waals surface area contributed by atoms with Crippen LogP contribution in [-0.4, -0.2) is 47.8 Å². The van der Waals surface area contributed by atoms with Crippen LogP contribution in [0.2, 0.25) is 0 Å². The Labute approximate surface area is 97.6 Å². The lowest BCUT2D eigenvalue weighted by Gasteiger charge is -2.25. The largest absolute Gasteiger partial charge is 0.342 e. The highest BCUT2D eigenvalue weighted by Gasteiger charge is 2.20. The molecule has 1 heterocycles. The molecule has 1 fully saturated rings. The van der Waals surface area contributed by atoms with Gasteiger partial charge in [-0.3, -0.25) is 9.59 Å². The van der Waals surface area contributed by atoms with Gasteiger partial charge in [-0.1, -0.05) is 6.42 Å². The fraction of sp³-hybridized carbons (Fsp3) is 0.833. The van der Waals surface area contributed by atoms with Crippen LogP contribution in [0.5, 0.6) is 0 Å². The molecule has 0 saturated carbocycles. The normalized spacial score (nSPS) is 17.1. The molecule has 0 aromatic rings. The van der Waals surface area contributed by atoms with Gasteiger partial charge in [-0.25, -0.2) is 0 Å². The Morgan fingerprint density at radius 2 is 1.94 bits per heavy atom. The molecule has 92 valence electrons. The van der Waals surface area contributed by atoms with Gasteiger partial charge in [-0.2, -0.15) is 0 Å². The van der Waals surface area contributed by atoms with E-state index in [2.05, 4.69) is 0 Å². The molecule has 1 saturated heterocycles. The van der Waals surface area contributed by atoms with Crippen molar-refractivity contribution in [1.29, 1.82) is 0 Å². The van der Waals surface area contributed by atoms with Crippen molar-refractivity contribution in [2.45, 2.75) is 39.5 Å². The lowest BCUT2D eigenvalue weighted by molar-refractivity contribution is -0.140. The zero-order valence-corrected chi connectivity index (χ0v) is 10.4. The molecule has 1 aliphatic heterocycles. The van der Waals surface area contributed by atoms with E-state index >= 15 is 0 Å². The summed E-state index contributed by atoms with van der Waals surface area (Å²) in [5, 5.41) is 0. The summed E-state index contributed by atoms with van der Waals surface area (Å²) in [6.07, 6.45) is 3.69. The maximum absolute atomic E-state index is 11.9. The number of amides is 2. The molecular weight excluding hydrogens is 204 g/mol. The standard InChI is InChI=1S/C12H22N2O2/c1-3-13(4-2)12(16)10-14-9-7-5-6-8-11(14)15/h3-10H2,1-2H3. The first-order valence-corrected chi connectivity index (χ1v) is 6.24. The first-order chi connectivity index (χ1) is 7.69. The van der Waals surface area contributed by atoms with E-state index in [4.69, 9.17) is 0 Å². The monoisotopic (exact) mass is 226 g/mol. The third-order valence-electron chi connectivity index (χ3n) is 3.11. The number of nitrogens with zero attached hydrogens (tertiary/aromatic N) is 2. The second-order valence-electron chi connectivity index (χ2n) is 4.19. The number of carbonyl (C=O) groups is 2. The summed E-state index contributed by atoms with van der Waals surface area (Å²) in [5.41, 5.74) is 0. The first kappa shape index (κ1) is 13.0. The van der Waals surface area contributed by atoms with Crippen molar-refractivity contribution in [2.24, 2.45) is 0 Å². The van der Waals surface area contributed by atoms with Gasteiger partial charge in [0.2, 0.25) is 11.8 Å². The Morgan fingerprint density at radius 3 is 2.56 bits per heavy atom. The molecular formula is C12H22N2O2. The number of rotatable bonds is 4. The molecule has 1 rings (SSSR count). The molecule has 0 bridgehead atoms. The Bertz CT molecular complexity index is 249. The molecule has 0 spiro atoms. The third kappa shape index (κ3) is 3.51. The fourth-order valence-electron chi connectivity index (χ4n) is 2.05. The summed E-state index contributed by atoms with van der Waals surface area (Å²) >= 11 is 0. The summed E-state index contributed by atoms with van der Waals surface area (Å²) < 4.78 is 0. The van der Waals surface area contributed by atoms with E-state index < -0.39 is 0 Å². The minimum absolute atomic E-state index is 0.0697. The fourth-order valence-corrected chi connectivity index (χ4v) is 2.05. The Balaban J connectivity index is 2.50. The van der Waals surface area contributed by atoms with E-state index in [1.807, 2.05) is 13.8 Å². The van der Waals surface area contributed by atoms with Crippen LogP contribution in [0, 0.1) is 0 Å². The zero-order chi connectivity index (χ0) is 12.0. The van der Waals surface area contributed by atoms with Crippen LogP contribution < -0.4 is 0 Å². The minimum Gasteiger partial charge on any atom is -0.342 e. The number of likely N-dealkylation sites (N-methyl/N-ethyl adjacent to an activating group) is 1. The summed E-state index contributed by atoms with van der Waals surface area (Å²) in [6, 6.07) is 0. The molecule has 0 aromatic carbocycles. The summed E-state index contributed by atoms with van der Waals surface area (Å²) in [7, 11) is 0. The highest BCUT2D eigenvalue weighted by atomic mass is 16.2. The van der Waals surface area contributed by atoms with Crippen molar-refractivity contribution in [3.63, 3.8) is 0 Å². The SMILES string of the molecule is CCN(CC)C(=O)CN1CCCCCC1=O. The van der Waals surface area contributed by atoms with E-state index in [9.17, 15) is 9.59 Å². The Morgan fingerprint density at radius 1 is 1.25 bits per heavy atom. The smallest absolute Gasteiger partial charge is 0.242 e. The Kier molecular flexibility index (Phi) is 5.29. The number of hydrogen-bond acceptors (Lipinski definition) is 2. The van der Waals surface area contributed by atoms with Crippen molar-refractivity contribution < 1.29 is 9.59 Å². The van der Waals surface area contributed by atoms with Gasteiger partial charge in [0, 0.05) is 26.1 Å². The highest BCUT2D eigenvalue weighted by Crippen LogP contribution is 2.11. The molecule has 0 aliphatic carbocycles. The van der Waals surface area contributed by atoms with Crippen LogP contribution in [0.15, 0.2) is 0 Å². The van der Waals surface area contributed by atoms with Crippen LogP contribution in [0.25, 0.3) is 0 Å². The maximum Gasteiger partial charge on any atom is 0.242 e. The third-order valence-corrected chi connectivity index (χ3v) is 3.11. The molecule has 1 aliphatic rings. The summed E-state index contributed by atoms with van der Waals surface area (Å²) in [4.78, 5) is 27.1. The topological polar surface area (TPSA) is 40.6 Å². The molecule has 0 atom stereocenters. The van der Waals surface area contributed by atoms with Crippen LogP contribution in [0.1, 0.15) is 39.5 Å². The van der Waals surface area contributed by atoms with Crippen LogP contribution in [-0.2, 0) is 9.59 Å². The van der Waals surface area contributed by atoms with Gasteiger partial charge in [0.05, 0.1) is 6.54 Å². The first-order valence-electron chi connectivity index (χ1n) is 6.24. The van der Waals surface area contributed by atoms with Crippen molar-refractivity contribution in [2.75, 3.05) is 26.2 Å². The highest BCUT2D eigenvalue weighted by molar-refractivity contribution is 5.84. The van der Waals surface area contributed by atoms with Gasteiger partial charge in [-0.15, -0.1) is 0 Å². The van der Waals surface area contributed by atoms with E-state index in [-0.39, 0.29) is 18.4 Å². The predicted molar refractivity (Wildman–Crippen MR) is 63.0 cm³/mol. The summed E-state index contributed by atoms with van der Waals surface area (Å²) in [6.45, 7) is 6.37. The molecule has 2 amide bonds. The van der Waals surface area contributed by atoms with Crippen LogP contribution >= 0.6 is 0 Å². The summed E-state index contributed by atoms with van der Waals surface area (Å²) in [5.74, 6) is 0.207. The zero-order valence-electron chi connectivity index (χ0n) is 10.4. The van der Waals surface area contributed by atoms with Gasteiger partial charge in [0.1, 0.15) is 0 Å². The van der Waals surface area contributed by atoms with E-state index in [1.165, 1.54) is 0 Å². The lowest BCUT2D eigenvalue weighted by atomic mass is 10.2. The molecule has 0 unspecified atom stereocenters. The van der Waals surface area contributed by atoms with E-state index in [0.29, 0.717) is 6.42 Å². The second kappa shape index (κ2) is 6.51. The van der Waals surface area contributed by atoms with Gasteiger partial charge in [0.25, 0.3) is 0 Å². The second-order valence-corrected chi connectivity index (χ2v) is 4.19. The minimum atomic E-state index is 0.0697. The maximum atomic E-state index is 11.9. The van der Waals surface area contributed by atoms with Gasteiger partial charge in [0.15, 0.2) is 0 Å². The van der Waals surface area contributed by atoms with Crippen molar-refractivity contribution in [3.8, 4) is 0 Å². The van der Waals surface area contributed by atoms with Gasteiger partial charge in [-0.05, 0) is 26.7 Å². The molecule has 4 heteroatoms. The molecule has 0 aromatic heterocycles. The molecule has 16 heavy (non-hydrogen) atoms. The van der Waals surface area contributed by atoms with Gasteiger partial charge >= 0.3 is 0 Å². The average Bonchev–Trinajstić information content (AvgIpc) is 2.46. The Hall–Kier alpha value is -1.06. The quantitative estimate of drug-likeness (QED) is 0.724. The van der Waals surface area contributed by atoms with Crippen molar-refractivity contribution in [1.82, 2.24) is 9.80 Å². The van der Waals surface area contributed by atoms with Crippen molar-refractivity contribution >= 4 is 11.8 Å². The average molecular weight is 226 g/mol. The predicted octanol–water partition coefficient (Wildman–Crippen LogP) is 1.26. The van der Waals surface area contributed by atoms with Crippen molar-refractivity contribution in [3.05, 3.63) is 0 Å². The lowest BCUT2D eigenvalue weighted by Crippen LogP contribution is -2.42. The number of carbonyl (C=O) groups excluding carboxylic acids is 2. The molecule has 0 N–H and O–H groups in total. The van der Waals surface area contributed by atoms with Gasteiger partial charge < -0.3 is 9.80 Å². The van der Waals surface area contributed by atoms with Crippen LogP contribution in [0.4, 0.5) is 0 Å².